The van der Waals surface area contributed by atoms with Gasteiger partial charge < -0.3 is 4.98 Å². The Kier molecular flexibility index (Phi) is 3.81. The number of para-hydroxylation sites is 1. The van der Waals surface area contributed by atoms with E-state index in [9.17, 15) is 4.79 Å². The number of hydrogen-bond donors (Lipinski definition) is 1. The minimum atomic E-state index is 0.0651. The van der Waals surface area contributed by atoms with Crippen LogP contribution in [0.5, 0.6) is 0 Å². The van der Waals surface area contributed by atoms with E-state index in [1.807, 2.05) is 49.2 Å². The number of nitrogens with one attached hydrogen (secondary N) is 1. The highest BCUT2D eigenvalue weighted by Gasteiger charge is 2.09. The van der Waals surface area contributed by atoms with E-state index in [1.165, 1.54) is 11.3 Å². The molecule has 2 aromatic heterocycles. The molecule has 0 atom stereocenters. The van der Waals surface area contributed by atoms with Gasteiger partial charge in [0.25, 0.3) is 0 Å². The molecule has 0 saturated carbocycles. The molecule has 2 heterocycles. The van der Waals surface area contributed by atoms with E-state index in [0.29, 0.717) is 6.54 Å². The van der Waals surface area contributed by atoms with Crippen molar-refractivity contribution in [2.24, 2.45) is 7.05 Å². The largest absolute Gasteiger partial charge is 0.357 e. The van der Waals surface area contributed by atoms with E-state index in [-0.39, 0.29) is 5.43 Å². The quantitative estimate of drug-likeness (QED) is 0.803. The Hall–Kier alpha value is -2.40. The molecule has 0 radical (unpaired) electrons. The van der Waals surface area contributed by atoms with Gasteiger partial charge in [0.2, 0.25) is 0 Å². The Morgan fingerprint density at radius 3 is 2.77 bits per heavy atom. The number of aromatic amines is 1. The Balaban J connectivity index is 1.80. The third-order valence-electron chi connectivity index (χ3n) is 4.01. The molecule has 114 valence electrons. The summed E-state index contributed by atoms with van der Waals surface area (Å²) >= 11 is 0. The second kappa shape index (κ2) is 5.77. The molecule has 0 spiro atoms. The molecule has 5 nitrogen and oxygen atoms in total. The van der Waals surface area contributed by atoms with Crippen molar-refractivity contribution in [2.75, 3.05) is 7.05 Å². The molecule has 0 saturated heterocycles. The van der Waals surface area contributed by atoms with E-state index >= 15 is 0 Å². The molecule has 0 amide bonds. The molecule has 3 rings (SSSR count). The lowest BCUT2D eigenvalue weighted by Gasteiger charge is -2.16. The number of rotatable bonds is 4. The maximum atomic E-state index is 12.1. The van der Waals surface area contributed by atoms with Crippen molar-refractivity contribution in [1.29, 1.82) is 0 Å². The number of H-pyrrole nitrogens is 1. The van der Waals surface area contributed by atoms with Gasteiger partial charge in [-0.15, -0.1) is 0 Å². The molecule has 1 N–H and O–H groups in total. The average molecular weight is 296 g/mol. The maximum Gasteiger partial charge on any atom is 0.189 e. The third-order valence-corrected chi connectivity index (χ3v) is 4.01. The second-order valence-electron chi connectivity index (χ2n) is 5.76. The number of benzene rings is 1. The second-order valence-corrected chi connectivity index (χ2v) is 5.76. The summed E-state index contributed by atoms with van der Waals surface area (Å²) in [7, 11) is 3.99. The normalized spacial score (nSPS) is 11.5. The first-order valence-electron chi connectivity index (χ1n) is 7.31. The number of aryl methyl sites for hydroxylation is 1. The Bertz CT molecular complexity index is 862. The summed E-state index contributed by atoms with van der Waals surface area (Å²) in [6, 6.07) is 9.29. The first-order chi connectivity index (χ1) is 10.5. The van der Waals surface area contributed by atoms with Crippen LogP contribution in [0.15, 0.2) is 41.3 Å². The van der Waals surface area contributed by atoms with Crippen LogP contribution in [0.3, 0.4) is 0 Å². The fraction of sp³-hybridized carbons (Fsp3) is 0.294. The lowest BCUT2D eigenvalue weighted by Crippen LogP contribution is -2.19. The van der Waals surface area contributed by atoms with Crippen LogP contribution in [0.2, 0.25) is 0 Å². The van der Waals surface area contributed by atoms with Gasteiger partial charge in [-0.05, 0) is 26.1 Å². The summed E-state index contributed by atoms with van der Waals surface area (Å²) < 4.78 is 1.88. The highest BCUT2D eigenvalue weighted by atomic mass is 16.1. The van der Waals surface area contributed by atoms with Crippen LogP contribution in [-0.4, -0.2) is 26.7 Å². The minimum Gasteiger partial charge on any atom is -0.357 e. The Morgan fingerprint density at radius 1 is 1.27 bits per heavy atom. The van der Waals surface area contributed by atoms with Crippen LogP contribution < -0.4 is 5.43 Å². The summed E-state index contributed by atoms with van der Waals surface area (Å²) in [4.78, 5) is 17.7. The third kappa shape index (κ3) is 2.80. The average Bonchev–Trinajstić information content (AvgIpc) is 2.79. The van der Waals surface area contributed by atoms with Gasteiger partial charge in [0, 0.05) is 54.1 Å². The molecule has 0 aliphatic rings. The van der Waals surface area contributed by atoms with Crippen molar-refractivity contribution < 1.29 is 0 Å². The van der Waals surface area contributed by atoms with Crippen molar-refractivity contribution in [3.05, 3.63) is 63.7 Å². The summed E-state index contributed by atoms with van der Waals surface area (Å²) in [6.07, 6.45) is 1.90. The molecule has 0 unspecified atom stereocenters. The van der Waals surface area contributed by atoms with E-state index in [4.69, 9.17) is 0 Å². The van der Waals surface area contributed by atoms with Crippen LogP contribution in [0.4, 0.5) is 0 Å². The van der Waals surface area contributed by atoms with Gasteiger partial charge in [-0.2, -0.15) is 5.10 Å². The monoisotopic (exact) mass is 296 g/mol. The van der Waals surface area contributed by atoms with Gasteiger partial charge in [0.15, 0.2) is 5.43 Å². The predicted octanol–water partition coefficient (Wildman–Crippen LogP) is 2.20. The zero-order valence-corrected chi connectivity index (χ0v) is 13.1. The Labute approximate surface area is 129 Å². The minimum absolute atomic E-state index is 0.0651. The van der Waals surface area contributed by atoms with Crippen molar-refractivity contribution in [2.45, 2.75) is 20.0 Å². The van der Waals surface area contributed by atoms with Gasteiger partial charge in [-0.25, -0.2) is 0 Å². The first kappa shape index (κ1) is 14.5. The molecule has 3 aromatic rings. The van der Waals surface area contributed by atoms with Crippen LogP contribution >= 0.6 is 0 Å². The Morgan fingerprint density at radius 2 is 2.05 bits per heavy atom. The van der Waals surface area contributed by atoms with Crippen molar-refractivity contribution in [3.63, 3.8) is 0 Å². The van der Waals surface area contributed by atoms with E-state index < -0.39 is 0 Å². The van der Waals surface area contributed by atoms with E-state index in [1.54, 1.807) is 6.07 Å². The maximum absolute atomic E-state index is 12.1. The lowest BCUT2D eigenvalue weighted by atomic mass is 10.2. The van der Waals surface area contributed by atoms with Gasteiger partial charge in [-0.3, -0.25) is 14.4 Å². The van der Waals surface area contributed by atoms with Gasteiger partial charge in [0.05, 0.1) is 6.20 Å². The smallest absolute Gasteiger partial charge is 0.189 e. The van der Waals surface area contributed by atoms with Gasteiger partial charge >= 0.3 is 0 Å². The zero-order valence-electron chi connectivity index (χ0n) is 13.1. The molecule has 5 heteroatoms. The topological polar surface area (TPSA) is 53.9 Å². The summed E-state index contributed by atoms with van der Waals surface area (Å²) in [5.74, 6) is 0. The molecule has 0 aliphatic carbocycles. The fourth-order valence-electron chi connectivity index (χ4n) is 2.67. The van der Waals surface area contributed by atoms with E-state index in [0.717, 1.165) is 23.1 Å². The van der Waals surface area contributed by atoms with Crippen LogP contribution in [0, 0.1) is 6.92 Å². The van der Waals surface area contributed by atoms with Crippen LogP contribution in [-0.2, 0) is 20.1 Å². The SMILES string of the molecule is Cc1c(CN(C)Cc2cc(=O)c3ccccc3[nH]2)cnn1C. The zero-order chi connectivity index (χ0) is 15.7. The number of hydrogen-bond acceptors (Lipinski definition) is 3. The molecule has 1 aromatic carbocycles. The predicted molar refractivity (Wildman–Crippen MR) is 87.7 cm³/mol. The van der Waals surface area contributed by atoms with Crippen molar-refractivity contribution in [1.82, 2.24) is 19.7 Å². The summed E-state index contributed by atoms with van der Waals surface area (Å²) in [5, 5.41) is 5.00. The fourth-order valence-corrected chi connectivity index (χ4v) is 2.67. The molecule has 0 aliphatic heterocycles. The molecular formula is C17H20N4O. The van der Waals surface area contributed by atoms with Gasteiger partial charge in [-0.1, -0.05) is 12.1 Å². The number of fused-ring (bicyclic) bond motifs is 1. The van der Waals surface area contributed by atoms with Crippen molar-refractivity contribution >= 4 is 10.9 Å². The van der Waals surface area contributed by atoms with Crippen molar-refractivity contribution in [3.8, 4) is 0 Å². The molecule has 0 bridgehead atoms. The number of nitrogens with zero attached hydrogens (tertiary/aromatic N) is 3. The van der Waals surface area contributed by atoms with Crippen LogP contribution in [0.1, 0.15) is 17.0 Å². The number of aromatic nitrogens is 3. The highest BCUT2D eigenvalue weighted by Crippen LogP contribution is 2.12. The lowest BCUT2D eigenvalue weighted by molar-refractivity contribution is 0.314. The number of pyridine rings is 1. The standard InChI is InChI=1S/C17H20N4O/c1-12-13(9-18-21(12)3)10-20(2)11-14-8-17(22)15-6-4-5-7-16(15)19-14/h4-9H,10-11H2,1-3H3,(H,19,22). The molecule has 22 heavy (non-hydrogen) atoms. The van der Waals surface area contributed by atoms with E-state index in [2.05, 4.69) is 21.9 Å². The van der Waals surface area contributed by atoms with Gasteiger partial charge in [0.1, 0.15) is 0 Å². The first-order valence-corrected chi connectivity index (χ1v) is 7.31. The highest BCUT2D eigenvalue weighted by molar-refractivity contribution is 5.78. The molecular weight excluding hydrogens is 276 g/mol. The summed E-state index contributed by atoms with van der Waals surface area (Å²) in [5.41, 5.74) is 4.24. The van der Waals surface area contributed by atoms with Crippen LogP contribution in [0.25, 0.3) is 10.9 Å². The molecule has 0 fully saturated rings. The summed E-state index contributed by atoms with van der Waals surface area (Å²) in [6.45, 7) is 3.55.